The minimum atomic E-state index is -0.105. The molecule has 1 N–H and O–H groups in total. The van der Waals surface area contributed by atoms with Gasteiger partial charge in [0.15, 0.2) is 0 Å². The monoisotopic (exact) mass is 290 g/mol. The van der Waals surface area contributed by atoms with Crippen molar-refractivity contribution < 1.29 is 9.53 Å². The molecule has 1 aliphatic rings. The Bertz CT molecular complexity index is 449. The maximum absolute atomic E-state index is 12.6. The van der Waals surface area contributed by atoms with Crippen LogP contribution in [0.25, 0.3) is 0 Å². The molecule has 21 heavy (non-hydrogen) atoms. The molecule has 3 unspecified atom stereocenters. The van der Waals surface area contributed by atoms with Crippen LogP contribution in [0.2, 0.25) is 0 Å². The zero-order valence-corrected chi connectivity index (χ0v) is 13.2. The lowest BCUT2D eigenvalue weighted by atomic mass is 10.1. The number of carbonyl (C=O) groups excluding carboxylic acids is 1. The van der Waals surface area contributed by atoms with E-state index in [1.807, 2.05) is 23.1 Å². The van der Waals surface area contributed by atoms with Crippen molar-refractivity contribution in [3.05, 3.63) is 35.9 Å². The quantitative estimate of drug-likeness (QED) is 0.835. The highest BCUT2D eigenvalue weighted by Crippen LogP contribution is 2.18. The highest BCUT2D eigenvalue weighted by Gasteiger charge is 2.38. The molecule has 4 heteroatoms. The van der Waals surface area contributed by atoms with Gasteiger partial charge in [-0.05, 0) is 24.3 Å². The number of nitrogens with one attached hydrogen (secondary N) is 1. The van der Waals surface area contributed by atoms with Crippen molar-refractivity contribution >= 4 is 5.91 Å². The predicted octanol–water partition coefficient (Wildman–Crippen LogP) is 2.05. The third kappa shape index (κ3) is 4.05. The van der Waals surface area contributed by atoms with Crippen molar-refractivity contribution in [2.75, 3.05) is 20.3 Å². The molecule has 0 saturated carbocycles. The number of hydrogen-bond donors (Lipinski definition) is 1. The van der Waals surface area contributed by atoms with Gasteiger partial charge in [-0.1, -0.05) is 44.2 Å². The van der Waals surface area contributed by atoms with Crippen LogP contribution < -0.4 is 5.32 Å². The number of methoxy groups -OCH3 is 1. The Morgan fingerprint density at radius 1 is 1.33 bits per heavy atom. The summed E-state index contributed by atoms with van der Waals surface area (Å²) in [5.74, 6) is 0.568. The molecule has 3 atom stereocenters. The van der Waals surface area contributed by atoms with Crippen LogP contribution in [0.4, 0.5) is 0 Å². The van der Waals surface area contributed by atoms with Gasteiger partial charge in [0.1, 0.15) is 0 Å². The number of benzene rings is 1. The fourth-order valence-corrected chi connectivity index (χ4v) is 2.97. The van der Waals surface area contributed by atoms with E-state index in [4.69, 9.17) is 4.74 Å². The number of carbonyl (C=O) groups is 1. The van der Waals surface area contributed by atoms with Gasteiger partial charge in [-0.25, -0.2) is 0 Å². The van der Waals surface area contributed by atoms with Gasteiger partial charge < -0.3 is 9.64 Å². The molecule has 1 saturated heterocycles. The van der Waals surface area contributed by atoms with E-state index in [9.17, 15) is 4.79 Å². The Hall–Kier alpha value is -1.39. The van der Waals surface area contributed by atoms with Gasteiger partial charge in [-0.2, -0.15) is 0 Å². The summed E-state index contributed by atoms with van der Waals surface area (Å²) in [6.07, 6.45) is 1.83. The lowest BCUT2D eigenvalue weighted by Crippen LogP contribution is -2.40. The molecular weight excluding hydrogens is 264 g/mol. The Labute approximate surface area is 127 Å². The lowest BCUT2D eigenvalue weighted by Gasteiger charge is -2.26. The van der Waals surface area contributed by atoms with E-state index in [0.29, 0.717) is 12.5 Å². The van der Waals surface area contributed by atoms with E-state index in [1.165, 1.54) is 5.56 Å². The molecule has 0 bridgehead atoms. The summed E-state index contributed by atoms with van der Waals surface area (Å²) in [7, 11) is 1.70. The van der Waals surface area contributed by atoms with Crippen LogP contribution in [-0.2, 0) is 16.0 Å². The number of amides is 1. The molecule has 0 aliphatic carbocycles. The lowest BCUT2D eigenvalue weighted by molar-refractivity contribution is -0.130. The standard InChI is InChI=1S/C17H26N2O2/c1-4-16-18-15(10-14-8-6-5-7-9-14)17(20)19(16)11-13(2)12-21-3/h5-9,13,15-16,18H,4,10-12H2,1-3H3. The Morgan fingerprint density at radius 3 is 2.67 bits per heavy atom. The van der Waals surface area contributed by atoms with Crippen molar-refractivity contribution in [2.45, 2.75) is 38.9 Å². The van der Waals surface area contributed by atoms with E-state index in [1.54, 1.807) is 7.11 Å². The fourth-order valence-electron chi connectivity index (χ4n) is 2.97. The van der Waals surface area contributed by atoms with Crippen molar-refractivity contribution in [1.29, 1.82) is 0 Å². The molecule has 0 spiro atoms. The molecule has 1 aromatic rings. The molecule has 0 radical (unpaired) electrons. The molecule has 1 amide bonds. The summed E-state index contributed by atoms with van der Waals surface area (Å²) < 4.78 is 5.18. The fraction of sp³-hybridized carbons (Fsp3) is 0.588. The van der Waals surface area contributed by atoms with Crippen molar-refractivity contribution in [2.24, 2.45) is 5.92 Å². The predicted molar refractivity (Wildman–Crippen MR) is 83.9 cm³/mol. The van der Waals surface area contributed by atoms with Crippen molar-refractivity contribution in [1.82, 2.24) is 10.2 Å². The summed E-state index contributed by atoms with van der Waals surface area (Å²) in [5.41, 5.74) is 1.20. The average molecular weight is 290 g/mol. The third-order valence-corrected chi connectivity index (χ3v) is 3.98. The van der Waals surface area contributed by atoms with Gasteiger partial charge in [0.2, 0.25) is 5.91 Å². The number of hydrogen-bond acceptors (Lipinski definition) is 3. The highest BCUT2D eigenvalue weighted by atomic mass is 16.5. The van der Waals surface area contributed by atoms with Crippen LogP contribution in [-0.4, -0.2) is 43.3 Å². The van der Waals surface area contributed by atoms with Gasteiger partial charge in [0.25, 0.3) is 0 Å². The molecule has 116 valence electrons. The maximum Gasteiger partial charge on any atom is 0.241 e. The first kappa shape index (κ1) is 16.0. The van der Waals surface area contributed by atoms with Gasteiger partial charge >= 0.3 is 0 Å². The second kappa shape index (κ2) is 7.57. The van der Waals surface area contributed by atoms with E-state index < -0.39 is 0 Å². The highest BCUT2D eigenvalue weighted by molar-refractivity contribution is 5.84. The Morgan fingerprint density at radius 2 is 2.05 bits per heavy atom. The third-order valence-electron chi connectivity index (χ3n) is 3.98. The molecule has 1 aliphatic heterocycles. The average Bonchev–Trinajstić information content (AvgIpc) is 2.77. The first-order valence-corrected chi connectivity index (χ1v) is 7.75. The first-order chi connectivity index (χ1) is 10.2. The second-order valence-electron chi connectivity index (χ2n) is 5.88. The SMILES string of the molecule is CCC1NC(Cc2ccccc2)C(=O)N1CC(C)COC. The summed E-state index contributed by atoms with van der Waals surface area (Å²) >= 11 is 0. The van der Waals surface area contributed by atoms with Crippen LogP contribution in [0.5, 0.6) is 0 Å². The van der Waals surface area contributed by atoms with Crippen LogP contribution in [0.15, 0.2) is 30.3 Å². The molecule has 0 aromatic heterocycles. The van der Waals surface area contributed by atoms with Crippen LogP contribution in [0.3, 0.4) is 0 Å². The van der Waals surface area contributed by atoms with E-state index in [2.05, 4.69) is 31.3 Å². The van der Waals surface area contributed by atoms with Gasteiger partial charge in [-0.15, -0.1) is 0 Å². The second-order valence-corrected chi connectivity index (χ2v) is 5.88. The number of nitrogens with zero attached hydrogens (tertiary/aromatic N) is 1. The topological polar surface area (TPSA) is 41.6 Å². The van der Waals surface area contributed by atoms with Crippen LogP contribution >= 0.6 is 0 Å². The van der Waals surface area contributed by atoms with E-state index >= 15 is 0 Å². The molecule has 1 heterocycles. The Balaban J connectivity index is 2.01. The van der Waals surface area contributed by atoms with Gasteiger partial charge in [0.05, 0.1) is 18.8 Å². The van der Waals surface area contributed by atoms with E-state index in [0.717, 1.165) is 19.4 Å². The molecule has 1 fully saturated rings. The normalized spacial score (nSPS) is 23.6. The van der Waals surface area contributed by atoms with Gasteiger partial charge in [0, 0.05) is 13.7 Å². The summed E-state index contributed by atoms with van der Waals surface area (Å²) in [6.45, 7) is 5.67. The number of ether oxygens (including phenoxy) is 1. The number of rotatable bonds is 7. The van der Waals surface area contributed by atoms with Crippen LogP contribution in [0, 0.1) is 5.92 Å². The summed E-state index contributed by atoms with van der Waals surface area (Å²) in [5, 5.41) is 3.47. The van der Waals surface area contributed by atoms with Crippen molar-refractivity contribution in [3.63, 3.8) is 0 Å². The van der Waals surface area contributed by atoms with E-state index in [-0.39, 0.29) is 18.1 Å². The maximum atomic E-state index is 12.6. The largest absolute Gasteiger partial charge is 0.384 e. The summed E-state index contributed by atoms with van der Waals surface area (Å²) in [4.78, 5) is 14.6. The molecular formula is C17H26N2O2. The molecule has 2 rings (SSSR count). The summed E-state index contributed by atoms with van der Waals surface area (Å²) in [6, 6.07) is 10.1. The van der Waals surface area contributed by atoms with Crippen molar-refractivity contribution in [3.8, 4) is 0 Å². The zero-order chi connectivity index (χ0) is 15.2. The van der Waals surface area contributed by atoms with Gasteiger partial charge in [-0.3, -0.25) is 10.1 Å². The first-order valence-electron chi connectivity index (χ1n) is 7.75. The van der Waals surface area contributed by atoms with Crippen LogP contribution in [0.1, 0.15) is 25.8 Å². The Kier molecular flexibility index (Phi) is 5.76. The molecule has 1 aromatic carbocycles. The minimum Gasteiger partial charge on any atom is -0.384 e. The minimum absolute atomic E-state index is 0.105. The smallest absolute Gasteiger partial charge is 0.241 e. The zero-order valence-electron chi connectivity index (χ0n) is 13.2. The molecule has 4 nitrogen and oxygen atoms in total.